The molecule has 0 aliphatic heterocycles. The molecular weight excluding hydrogens is 440 g/mol. The van der Waals surface area contributed by atoms with Crippen LogP contribution in [-0.2, 0) is 11.8 Å². The summed E-state index contributed by atoms with van der Waals surface area (Å²) < 4.78 is 1.14. The molecule has 0 heterocycles. The molecule has 0 unspecified atom stereocenters. The van der Waals surface area contributed by atoms with Gasteiger partial charge in [0.2, 0.25) is 0 Å². The van der Waals surface area contributed by atoms with E-state index >= 15 is 0 Å². The highest BCUT2D eigenvalue weighted by Gasteiger charge is 2.32. The first-order chi connectivity index (χ1) is 15.0. The van der Waals surface area contributed by atoms with E-state index in [4.69, 9.17) is 0 Å². The van der Waals surface area contributed by atoms with E-state index in [-0.39, 0.29) is 5.41 Å². The Labute approximate surface area is 191 Å². The highest BCUT2D eigenvalue weighted by atomic mass is 79.9. The maximum atomic E-state index is 3.71. The van der Waals surface area contributed by atoms with E-state index in [0.29, 0.717) is 0 Å². The minimum atomic E-state index is 0.0267. The second kappa shape index (κ2) is 6.80. The van der Waals surface area contributed by atoms with Crippen LogP contribution in [0.1, 0.15) is 36.1 Å². The molecule has 0 N–H and O–H groups in total. The molecule has 0 atom stereocenters. The molecule has 0 aromatic heterocycles. The fraction of sp³-hybridized carbons (Fsp3) is 0.133. The van der Waals surface area contributed by atoms with E-state index in [0.717, 1.165) is 10.9 Å². The smallest absolute Gasteiger partial charge is 0.0254 e. The molecule has 1 aliphatic carbocycles. The van der Waals surface area contributed by atoms with Gasteiger partial charge in [-0.05, 0) is 73.5 Å². The van der Waals surface area contributed by atoms with Crippen LogP contribution in [0.3, 0.4) is 0 Å². The average molecular weight is 463 g/mol. The van der Waals surface area contributed by atoms with Gasteiger partial charge in [-0.25, -0.2) is 0 Å². The van der Waals surface area contributed by atoms with Crippen LogP contribution in [0.15, 0.2) is 95.5 Å². The Kier molecular flexibility index (Phi) is 4.13. The maximum absolute atomic E-state index is 3.71. The first-order valence-electron chi connectivity index (χ1n) is 10.9. The van der Waals surface area contributed by atoms with Crippen LogP contribution in [0.25, 0.3) is 32.7 Å². The van der Waals surface area contributed by atoms with E-state index in [1.807, 2.05) is 0 Å². The third kappa shape index (κ3) is 2.80. The lowest BCUT2D eigenvalue weighted by molar-refractivity contribution is 0.612. The summed E-state index contributed by atoms with van der Waals surface area (Å²) in [6.07, 6.45) is 1.01. The van der Waals surface area contributed by atoms with Gasteiger partial charge in [-0.15, -0.1) is 0 Å². The molecule has 150 valence electrons. The van der Waals surface area contributed by atoms with E-state index in [2.05, 4.69) is 121 Å². The summed E-state index contributed by atoms with van der Waals surface area (Å²) in [5, 5.41) is 5.23. The van der Waals surface area contributed by atoms with Crippen molar-refractivity contribution < 1.29 is 0 Å². The Hall–Kier alpha value is -2.90. The third-order valence-corrected chi connectivity index (χ3v) is 7.74. The van der Waals surface area contributed by atoms with Gasteiger partial charge in [0.25, 0.3) is 0 Å². The number of fused-ring (bicyclic) bond motifs is 5. The molecule has 0 bridgehead atoms. The molecule has 5 aromatic rings. The Morgan fingerprint density at radius 2 is 1.45 bits per heavy atom. The summed E-state index contributed by atoms with van der Waals surface area (Å²) in [6, 6.07) is 33.6. The number of halogens is 1. The molecule has 0 nitrogen and oxygen atoms in total. The normalized spacial score (nSPS) is 14.4. The summed E-state index contributed by atoms with van der Waals surface area (Å²) >= 11 is 3.71. The molecule has 0 saturated heterocycles. The molecule has 0 spiro atoms. The first-order valence-corrected chi connectivity index (χ1v) is 11.7. The Morgan fingerprint density at radius 3 is 2.32 bits per heavy atom. The molecule has 6 rings (SSSR count). The zero-order valence-electron chi connectivity index (χ0n) is 17.7. The van der Waals surface area contributed by atoms with Crippen molar-refractivity contribution in [2.24, 2.45) is 0 Å². The highest BCUT2D eigenvalue weighted by Crippen LogP contribution is 2.44. The summed E-state index contributed by atoms with van der Waals surface area (Å²) in [6.45, 7) is 4.72. The largest absolute Gasteiger partial charge is 0.0620 e. The van der Waals surface area contributed by atoms with Gasteiger partial charge < -0.3 is 0 Å². The number of hydrogen-bond donors (Lipinski definition) is 0. The summed E-state index contributed by atoms with van der Waals surface area (Å²) in [5.41, 5.74) is 8.43. The van der Waals surface area contributed by atoms with Crippen LogP contribution in [0, 0.1) is 0 Å². The van der Waals surface area contributed by atoms with Gasteiger partial charge in [0, 0.05) is 9.89 Å². The zero-order chi connectivity index (χ0) is 21.2. The summed E-state index contributed by atoms with van der Waals surface area (Å²) in [7, 11) is 0. The number of benzene rings is 5. The van der Waals surface area contributed by atoms with Crippen molar-refractivity contribution in [3.63, 3.8) is 0 Å². The second-order valence-corrected chi connectivity index (χ2v) is 9.98. The van der Waals surface area contributed by atoms with Gasteiger partial charge in [-0.1, -0.05) is 109 Å². The van der Waals surface area contributed by atoms with Gasteiger partial charge >= 0.3 is 0 Å². The molecule has 31 heavy (non-hydrogen) atoms. The van der Waals surface area contributed by atoms with Crippen molar-refractivity contribution in [3.05, 3.63) is 118 Å². The molecule has 1 heteroatoms. The van der Waals surface area contributed by atoms with Gasteiger partial charge in [0.15, 0.2) is 0 Å². The van der Waals surface area contributed by atoms with Crippen LogP contribution in [0.2, 0.25) is 0 Å². The first kappa shape index (κ1) is 18.8. The molecule has 0 amide bonds. The van der Waals surface area contributed by atoms with Crippen molar-refractivity contribution >= 4 is 37.5 Å². The minimum absolute atomic E-state index is 0.0267. The Bertz CT molecular complexity index is 1490. The van der Waals surface area contributed by atoms with E-state index < -0.39 is 0 Å². The second-order valence-electron chi connectivity index (χ2n) is 9.13. The Balaban J connectivity index is 1.56. The van der Waals surface area contributed by atoms with Gasteiger partial charge in [0.05, 0.1) is 0 Å². The predicted molar refractivity (Wildman–Crippen MR) is 136 cm³/mol. The minimum Gasteiger partial charge on any atom is -0.0620 e. The van der Waals surface area contributed by atoms with Gasteiger partial charge in [-0.3, -0.25) is 0 Å². The topological polar surface area (TPSA) is 0 Å². The Morgan fingerprint density at radius 1 is 0.677 bits per heavy atom. The SMILES string of the molecule is CC1(C)c2ccccc2Cc2c1ccc1cc(-c3ccc(Br)c4ccccc34)ccc21. The van der Waals surface area contributed by atoms with Gasteiger partial charge in [0.1, 0.15) is 0 Å². The van der Waals surface area contributed by atoms with Crippen LogP contribution in [-0.4, -0.2) is 0 Å². The molecule has 0 radical (unpaired) electrons. The van der Waals surface area contributed by atoms with Crippen molar-refractivity contribution in [3.8, 4) is 11.1 Å². The lowest BCUT2D eigenvalue weighted by Gasteiger charge is -2.36. The van der Waals surface area contributed by atoms with E-state index in [1.54, 1.807) is 0 Å². The quantitative estimate of drug-likeness (QED) is 0.233. The highest BCUT2D eigenvalue weighted by molar-refractivity contribution is 9.10. The van der Waals surface area contributed by atoms with Gasteiger partial charge in [-0.2, -0.15) is 0 Å². The predicted octanol–water partition coefficient (Wildman–Crippen LogP) is 8.65. The van der Waals surface area contributed by atoms with Crippen LogP contribution >= 0.6 is 15.9 Å². The van der Waals surface area contributed by atoms with Crippen molar-refractivity contribution in [1.29, 1.82) is 0 Å². The standard InChI is InChI=1S/C30H23Br/c1-30(2)27-10-6-3-7-21(27)18-26-23-13-11-19(17-20(23)12-15-28(26)30)22-14-16-29(31)25-9-5-4-8-24(22)25/h3-17H,18H2,1-2H3. The lowest BCUT2D eigenvalue weighted by atomic mass is 9.68. The molecule has 5 aromatic carbocycles. The van der Waals surface area contributed by atoms with Crippen LogP contribution in [0.4, 0.5) is 0 Å². The number of hydrogen-bond acceptors (Lipinski definition) is 0. The molecule has 1 aliphatic rings. The van der Waals surface area contributed by atoms with Crippen molar-refractivity contribution in [2.75, 3.05) is 0 Å². The lowest BCUT2D eigenvalue weighted by Crippen LogP contribution is -2.27. The summed E-state index contributed by atoms with van der Waals surface area (Å²) in [5.74, 6) is 0. The summed E-state index contributed by atoms with van der Waals surface area (Å²) in [4.78, 5) is 0. The molecular formula is C30H23Br. The average Bonchev–Trinajstić information content (AvgIpc) is 2.79. The monoisotopic (exact) mass is 462 g/mol. The fourth-order valence-corrected chi connectivity index (χ4v) is 5.95. The van der Waals surface area contributed by atoms with Crippen molar-refractivity contribution in [2.45, 2.75) is 25.7 Å². The molecule has 0 fully saturated rings. The third-order valence-electron chi connectivity index (χ3n) is 7.04. The molecule has 0 saturated carbocycles. The number of rotatable bonds is 1. The van der Waals surface area contributed by atoms with Crippen molar-refractivity contribution in [1.82, 2.24) is 0 Å². The van der Waals surface area contributed by atoms with Crippen LogP contribution in [0.5, 0.6) is 0 Å². The fourth-order valence-electron chi connectivity index (χ4n) is 5.47. The van der Waals surface area contributed by atoms with Crippen LogP contribution < -0.4 is 0 Å². The zero-order valence-corrected chi connectivity index (χ0v) is 19.3. The van der Waals surface area contributed by atoms with E-state index in [9.17, 15) is 0 Å². The van der Waals surface area contributed by atoms with E-state index in [1.165, 1.54) is 54.9 Å². The maximum Gasteiger partial charge on any atom is 0.0254 e.